The molecule has 0 aliphatic rings. The van der Waals surface area contributed by atoms with Gasteiger partial charge in [-0.2, -0.15) is 0 Å². The van der Waals surface area contributed by atoms with Gasteiger partial charge in [0, 0.05) is 18.9 Å². The van der Waals surface area contributed by atoms with Gasteiger partial charge in [0.05, 0.1) is 17.6 Å². The molecule has 1 aromatic carbocycles. The van der Waals surface area contributed by atoms with Crippen LogP contribution in [0.2, 0.25) is 0 Å². The largest absolute Gasteiger partial charge is 0.326 e. The van der Waals surface area contributed by atoms with Gasteiger partial charge in [0.2, 0.25) is 0 Å². The number of fused-ring (bicyclic) bond motifs is 1. The van der Waals surface area contributed by atoms with E-state index in [1.54, 1.807) is 0 Å². The third-order valence-electron chi connectivity index (χ3n) is 3.21. The molecule has 2 heterocycles. The van der Waals surface area contributed by atoms with Crippen LogP contribution >= 0.6 is 0 Å². The zero-order valence-corrected chi connectivity index (χ0v) is 11.1. The van der Waals surface area contributed by atoms with E-state index in [-0.39, 0.29) is 0 Å². The van der Waals surface area contributed by atoms with Crippen LogP contribution in [0, 0.1) is 0 Å². The Balaban J connectivity index is 1.90. The molecule has 0 unspecified atom stereocenters. The summed E-state index contributed by atoms with van der Waals surface area (Å²) < 4.78 is 4.25. The quantitative estimate of drug-likeness (QED) is 0.759. The summed E-state index contributed by atoms with van der Waals surface area (Å²) in [7, 11) is 0. The van der Waals surface area contributed by atoms with Crippen LogP contribution in [0.25, 0.3) is 11.0 Å². The number of imidazole rings is 1. The van der Waals surface area contributed by atoms with Crippen molar-refractivity contribution in [2.75, 3.05) is 5.43 Å². The van der Waals surface area contributed by atoms with Crippen LogP contribution in [-0.4, -0.2) is 14.2 Å². The molecule has 0 radical (unpaired) electrons. The minimum absolute atomic E-state index is 0.726. The predicted molar refractivity (Wildman–Crippen MR) is 77.5 cm³/mol. The molecule has 0 bridgehead atoms. The lowest BCUT2D eigenvalue weighted by molar-refractivity contribution is 0.648. The molecular formula is C15H18N4. The second kappa shape index (κ2) is 5.18. The molecule has 0 atom stereocenters. The molecule has 0 aliphatic heterocycles. The minimum atomic E-state index is 0.726. The van der Waals surface area contributed by atoms with Crippen molar-refractivity contribution in [3.8, 4) is 0 Å². The normalized spacial score (nSPS) is 11.0. The van der Waals surface area contributed by atoms with E-state index in [1.165, 1.54) is 5.52 Å². The minimum Gasteiger partial charge on any atom is -0.326 e. The van der Waals surface area contributed by atoms with E-state index in [0.717, 1.165) is 30.9 Å². The highest BCUT2D eigenvalue weighted by Gasteiger charge is 2.08. The number of benzene rings is 1. The topological polar surface area (TPSA) is 34.8 Å². The van der Waals surface area contributed by atoms with E-state index in [9.17, 15) is 0 Å². The van der Waals surface area contributed by atoms with Crippen molar-refractivity contribution in [1.82, 2.24) is 14.2 Å². The highest BCUT2D eigenvalue weighted by atomic mass is 15.4. The van der Waals surface area contributed by atoms with Gasteiger partial charge in [-0.3, -0.25) is 4.68 Å². The van der Waals surface area contributed by atoms with Gasteiger partial charge in [-0.15, -0.1) is 0 Å². The first-order valence-corrected chi connectivity index (χ1v) is 6.69. The fraction of sp³-hybridized carbons (Fsp3) is 0.267. The van der Waals surface area contributed by atoms with Crippen LogP contribution in [0.4, 0.5) is 0 Å². The zero-order chi connectivity index (χ0) is 13.1. The zero-order valence-electron chi connectivity index (χ0n) is 11.1. The molecule has 0 saturated carbocycles. The van der Waals surface area contributed by atoms with Crippen LogP contribution in [0.3, 0.4) is 0 Å². The average molecular weight is 254 g/mol. The van der Waals surface area contributed by atoms with Gasteiger partial charge >= 0.3 is 0 Å². The lowest BCUT2D eigenvalue weighted by Gasteiger charge is -2.10. The maximum Gasteiger partial charge on any atom is 0.130 e. The number of nitrogens with zero attached hydrogens (tertiary/aromatic N) is 3. The number of rotatable bonds is 5. The fourth-order valence-corrected chi connectivity index (χ4v) is 2.34. The van der Waals surface area contributed by atoms with E-state index in [0.29, 0.717) is 0 Å². The molecule has 4 nitrogen and oxygen atoms in total. The molecule has 98 valence electrons. The van der Waals surface area contributed by atoms with Gasteiger partial charge < -0.3 is 9.99 Å². The van der Waals surface area contributed by atoms with Crippen molar-refractivity contribution in [3.05, 3.63) is 54.6 Å². The summed E-state index contributed by atoms with van der Waals surface area (Å²) in [6.07, 6.45) is 5.09. The Hall–Kier alpha value is -2.23. The summed E-state index contributed by atoms with van der Waals surface area (Å²) in [5.74, 6) is 1.08. The van der Waals surface area contributed by atoms with Crippen molar-refractivity contribution >= 4 is 11.0 Å². The lowest BCUT2D eigenvalue weighted by Crippen LogP contribution is -2.15. The molecule has 0 amide bonds. The summed E-state index contributed by atoms with van der Waals surface area (Å²) in [6, 6.07) is 12.3. The van der Waals surface area contributed by atoms with Crippen molar-refractivity contribution in [2.45, 2.75) is 26.4 Å². The van der Waals surface area contributed by atoms with Gasteiger partial charge in [-0.05, 0) is 30.7 Å². The van der Waals surface area contributed by atoms with Crippen LogP contribution in [0.1, 0.15) is 19.2 Å². The first-order chi connectivity index (χ1) is 9.38. The van der Waals surface area contributed by atoms with Gasteiger partial charge in [-0.1, -0.05) is 19.1 Å². The van der Waals surface area contributed by atoms with Crippen molar-refractivity contribution in [2.24, 2.45) is 0 Å². The first kappa shape index (κ1) is 11.8. The van der Waals surface area contributed by atoms with Gasteiger partial charge in [0.25, 0.3) is 0 Å². The number of aromatic nitrogens is 3. The lowest BCUT2D eigenvalue weighted by atomic mass is 10.3. The monoisotopic (exact) mass is 254 g/mol. The Morgan fingerprint density at radius 1 is 1.11 bits per heavy atom. The summed E-state index contributed by atoms with van der Waals surface area (Å²) in [5.41, 5.74) is 5.62. The Morgan fingerprint density at radius 2 is 1.89 bits per heavy atom. The highest BCUT2D eigenvalue weighted by Crippen LogP contribution is 2.16. The number of nitrogens with one attached hydrogen (secondary N) is 1. The van der Waals surface area contributed by atoms with Gasteiger partial charge in [0.1, 0.15) is 5.82 Å². The SMILES string of the molecule is CCCn1c(CNn2cccc2)nc2ccccc21. The summed E-state index contributed by atoms with van der Waals surface area (Å²) >= 11 is 0. The van der Waals surface area contributed by atoms with Crippen LogP contribution in [-0.2, 0) is 13.1 Å². The number of hydrogen-bond donors (Lipinski definition) is 1. The van der Waals surface area contributed by atoms with Crippen molar-refractivity contribution < 1.29 is 0 Å². The van der Waals surface area contributed by atoms with Gasteiger partial charge in [0.15, 0.2) is 0 Å². The number of aryl methyl sites for hydroxylation is 1. The van der Waals surface area contributed by atoms with Crippen molar-refractivity contribution in [1.29, 1.82) is 0 Å². The van der Waals surface area contributed by atoms with E-state index in [2.05, 4.69) is 35.1 Å². The molecule has 0 spiro atoms. The van der Waals surface area contributed by atoms with E-state index >= 15 is 0 Å². The molecular weight excluding hydrogens is 236 g/mol. The predicted octanol–water partition coefficient (Wildman–Crippen LogP) is 2.99. The van der Waals surface area contributed by atoms with Crippen LogP contribution < -0.4 is 5.43 Å². The highest BCUT2D eigenvalue weighted by molar-refractivity contribution is 5.75. The Morgan fingerprint density at radius 3 is 2.68 bits per heavy atom. The molecule has 19 heavy (non-hydrogen) atoms. The average Bonchev–Trinajstić information content (AvgIpc) is 3.05. The Bertz CT molecular complexity index is 652. The Kier molecular flexibility index (Phi) is 3.23. The third-order valence-corrected chi connectivity index (χ3v) is 3.21. The van der Waals surface area contributed by atoms with E-state index < -0.39 is 0 Å². The summed E-state index contributed by atoms with van der Waals surface area (Å²) in [5, 5.41) is 0. The molecule has 3 rings (SSSR count). The standard InChI is InChI=1S/C15H18N4/c1-2-9-19-14-8-4-3-7-13(14)17-15(19)12-16-18-10-5-6-11-18/h3-8,10-11,16H,2,9,12H2,1H3. The van der Waals surface area contributed by atoms with Crippen LogP contribution in [0.15, 0.2) is 48.8 Å². The van der Waals surface area contributed by atoms with Crippen LogP contribution in [0.5, 0.6) is 0 Å². The summed E-state index contributed by atoms with van der Waals surface area (Å²) in [4.78, 5) is 4.72. The van der Waals surface area contributed by atoms with E-state index in [4.69, 9.17) is 4.98 Å². The first-order valence-electron chi connectivity index (χ1n) is 6.69. The second-order valence-corrected chi connectivity index (χ2v) is 4.59. The number of para-hydroxylation sites is 2. The molecule has 0 fully saturated rings. The van der Waals surface area contributed by atoms with E-state index in [1.807, 2.05) is 35.3 Å². The molecule has 2 aromatic heterocycles. The second-order valence-electron chi connectivity index (χ2n) is 4.59. The molecule has 3 aromatic rings. The molecule has 0 aliphatic carbocycles. The number of hydrogen-bond acceptors (Lipinski definition) is 2. The molecule has 0 saturated heterocycles. The van der Waals surface area contributed by atoms with Crippen molar-refractivity contribution in [3.63, 3.8) is 0 Å². The van der Waals surface area contributed by atoms with Gasteiger partial charge in [-0.25, -0.2) is 4.98 Å². The maximum absolute atomic E-state index is 4.72. The molecule has 1 N–H and O–H groups in total. The Labute approximate surface area is 112 Å². The smallest absolute Gasteiger partial charge is 0.130 e. The fourth-order valence-electron chi connectivity index (χ4n) is 2.34. The maximum atomic E-state index is 4.72. The summed E-state index contributed by atoms with van der Waals surface area (Å²) in [6.45, 7) is 3.92. The molecule has 4 heteroatoms. The third kappa shape index (κ3) is 2.34.